The molecule has 0 saturated carbocycles. The molecule has 1 unspecified atom stereocenters. The van der Waals surface area contributed by atoms with E-state index in [0.717, 1.165) is 36.7 Å². The maximum atomic E-state index is 14.2. The van der Waals surface area contributed by atoms with Crippen LogP contribution in [0.5, 0.6) is 5.88 Å². The number of thioether (sulfide) groups is 1. The van der Waals surface area contributed by atoms with Crippen LogP contribution in [0.3, 0.4) is 0 Å². The number of rotatable bonds is 8. The number of halogens is 2. The van der Waals surface area contributed by atoms with Crippen LogP contribution in [0.25, 0.3) is 11.0 Å². The van der Waals surface area contributed by atoms with Gasteiger partial charge >= 0.3 is 5.82 Å². The fourth-order valence-electron chi connectivity index (χ4n) is 5.65. The molecule has 4 aromatic rings. The average Bonchev–Trinajstić information content (AvgIpc) is 2.99. The van der Waals surface area contributed by atoms with Gasteiger partial charge in [-0.25, -0.2) is 9.37 Å². The molecule has 0 radical (unpaired) electrons. The minimum absolute atomic E-state index is 0.00516. The molecule has 1 saturated heterocycles. The van der Waals surface area contributed by atoms with Crippen molar-refractivity contribution in [3.63, 3.8) is 0 Å². The number of pyridine rings is 4. The van der Waals surface area contributed by atoms with E-state index >= 15 is 0 Å². The number of piperidine rings is 1. The monoisotopic (exact) mass is 595 g/mol. The van der Waals surface area contributed by atoms with E-state index in [9.17, 15) is 23.7 Å². The third kappa shape index (κ3) is 5.15. The highest BCUT2D eigenvalue weighted by molar-refractivity contribution is 8.00. The normalized spacial score (nSPS) is 18.2. The molecule has 1 fully saturated rings. The van der Waals surface area contributed by atoms with Crippen LogP contribution in [0.1, 0.15) is 36.3 Å². The van der Waals surface area contributed by atoms with Crippen LogP contribution in [-0.2, 0) is 13.1 Å². The van der Waals surface area contributed by atoms with E-state index in [1.807, 2.05) is 19.1 Å². The minimum atomic E-state index is -1.23. The molecular formula is C28H27F2N7O4S. The number of aromatic nitrogens is 4. The van der Waals surface area contributed by atoms with E-state index in [1.54, 1.807) is 23.9 Å². The molecule has 0 N–H and O–H groups in total. The third-order valence-corrected chi connectivity index (χ3v) is 8.95. The number of anilines is 1. The molecule has 0 spiro atoms. The Hall–Kier alpha value is -4.17. The molecule has 0 aliphatic carbocycles. The Morgan fingerprint density at radius 3 is 2.76 bits per heavy atom. The molecule has 0 bridgehead atoms. The lowest BCUT2D eigenvalue weighted by molar-refractivity contribution is -0.389. The van der Waals surface area contributed by atoms with Crippen LogP contribution in [-0.4, -0.2) is 55.6 Å². The second kappa shape index (κ2) is 11.2. The SMILES string of the molecule is COc1cc(CN(Cc2c3n(c4nc(F)c(F)cc4c2=O)C(C)S3)[C@H]2CCCN(c3ccc([N+](=O)[O-])nc3)C2)ccn1. The second-order valence-corrected chi connectivity index (χ2v) is 11.6. The van der Waals surface area contributed by atoms with Crippen LogP contribution < -0.4 is 15.1 Å². The standard InChI is InChI=1S/C28H27F2N7O4S/c1-16-36-27-20(11-22(29)26(30)33-27)25(38)21(28(36)42-16)15-35(13-17-7-8-31-24(10-17)41-2)19-4-3-9-34(14-19)18-5-6-23(32-12-18)37(39)40/h5-8,10-12,16,19H,3-4,9,13-15H2,1-2H3/t16?,19-/m0/s1. The fraction of sp³-hybridized carbons (Fsp3) is 0.357. The van der Waals surface area contributed by atoms with Crippen molar-refractivity contribution >= 4 is 34.3 Å². The lowest BCUT2D eigenvalue weighted by atomic mass is 10.0. The van der Waals surface area contributed by atoms with E-state index < -0.39 is 16.7 Å². The van der Waals surface area contributed by atoms with Gasteiger partial charge in [0.1, 0.15) is 5.65 Å². The Morgan fingerprint density at radius 2 is 2.05 bits per heavy atom. The highest BCUT2D eigenvalue weighted by atomic mass is 32.2. The number of hydrogen-bond donors (Lipinski definition) is 0. The van der Waals surface area contributed by atoms with E-state index in [-0.39, 0.29) is 40.2 Å². The highest BCUT2D eigenvalue weighted by Gasteiger charge is 2.34. The summed E-state index contributed by atoms with van der Waals surface area (Å²) in [4.78, 5) is 40.6. The largest absolute Gasteiger partial charge is 0.481 e. The summed E-state index contributed by atoms with van der Waals surface area (Å²) in [5.41, 5.74) is 1.99. The van der Waals surface area contributed by atoms with Crippen molar-refractivity contribution in [2.75, 3.05) is 25.1 Å². The Labute approximate surface area is 243 Å². The average molecular weight is 596 g/mol. The van der Waals surface area contributed by atoms with Crippen LogP contribution in [0.4, 0.5) is 20.3 Å². The smallest absolute Gasteiger partial charge is 0.363 e. The summed E-state index contributed by atoms with van der Waals surface area (Å²) < 4.78 is 35.4. The van der Waals surface area contributed by atoms with Crippen molar-refractivity contribution in [1.82, 2.24) is 24.4 Å². The summed E-state index contributed by atoms with van der Waals surface area (Å²) >= 11 is 1.50. The van der Waals surface area contributed by atoms with Gasteiger partial charge in [-0.1, -0.05) is 11.8 Å². The van der Waals surface area contributed by atoms with Gasteiger partial charge in [0, 0.05) is 56.1 Å². The Bertz CT molecular complexity index is 1740. The zero-order valence-corrected chi connectivity index (χ0v) is 23.7. The molecular weight excluding hydrogens is 568 g/mol. The maximum Gasteiger partial charge on any atom is 0.363 e. The Kier molecular flexibility index (Phi) is 7.49. The summed E-state index contributed by atoms with van der Waals surface area (Å²) in [6.07, 6.45) is 4.88. The molecule has 0 amide bonds. The number of methoxy groups -OCH3 is 1. The topological polar surface area (TPSA) is 120 Å². The van der Waals surface area contributed by atoms with Crippen molar-refractivity contribution in [2.45, 2.75) is 49.3 Å². The van der Waals surface area contributed by atoms with E-state index in [4.69, 9.17) is 4.74 Å². The quantitative estimate of drug-likeness (QED) is 0.161. The minimum Gasteiger partial charge on any atom is -0.481 e. The molecule has 218 valence electrons. The fourth-order valence-corrected chi connectivity index (χ4v) is 6.78. The molecule has 2 aliphatic rings. The van der Waals surface area contributed by atoms with Gasteiger partial charge in [-0.2, -0.15) is 9.37 Å². The zero-order valence-electron chi connectivity index (χ0n) is 22.9. The lowest BCUT2D eigenvalue weighted by Gasteiger charge is -2.41. The van der Waals surface area contributed by atoms with Crippen molar-refractivity contribution in [3.05, 3.63) is 86.0 Å². The summed E-state index contributed by atoms with van der Waals surface area (Å²) in [7, 11) is 1.55. The third-order valence-electron chi connectivity index (χ3n) is 7.74. The van der Waals surface area contributed by atoms with Crippen molar-refractivity contribution in [2.24, 2.45) is 0 Å². The maximum absolute atomic E-state index is 14.2. The van der Waals surface area contributed by atoms with Crippen molar-refractivity contribution in [1.29, 1.82) is 0 Å². The molecule has 6 heterocycles. The van der Waals surface area contributed by atoms with Gasteiger partial charge in [0.2, 0.25) is 5.88 Å². The van der Waals surface area contributed by atoms with Crippen LogP contribution in [0.2, 0.25) is 0 Å². The van der Waals surface area contributed by atoms with Gasteiger partial charge in [0.05, 0.1) is 28.6 Å². The first-order chi connectivity index (χ1) is 20.2. The molecule has 2 aliphatic heterocycles. The van der Waals surface area contributed by atoms with Crippen LogP contribution in [0, 0.1) is 21.9 Å². The van der Waals surface area contributed by atoms with Crippen molar-refractivity contribution in [3.8, 4) is 5.88 Å². The van der Waals surface area contributed by atoms with Gasteiger partial charge < -0.3 is 24.3 Å². The molecule has 4 aromatic heterocycles. The first-order valence-corrected chi connectivity index (χ1v) is 14.3. The molecule has 42 heavy (non-hydrogen) atoms. The highest BCUT2D eigenvalue weighted by Crippen LogP contribution is 2.46. The lowest BCUT2D eigenvalue weighted by Crippen LogP contribution is -2.48. The zero-order chi connectivity index (χ0) is 29.5. The molecule has 11 nitrogen and oxygen atoms in total. The van der Waals surface area contributed by atoms with Crippen molar-refractivity contribution < 1.29 is 18.4 Å². The van der Waals surface area contributed by atoms with Gasteiger partial charge in [-0.3, -0.25) is 9.69 Å². The number of fused-ring (bicyclic) bond motifs is 3. The summed E-state index contributed by atoms with van der Waals surface area (Å²) in [5, 5.41) is 11.7. The van der Waals surface area contributed by atoms with Crippen LogP contribution >= 0.6 is 11.8 Å². The van der Waals surface area contributed by atoms with Gasteiger partial charge in [-0.15, -0.1) is 0 Å². The predicted octanol–water partition coefficient (Wildman–Crippen LogP) is 4.68. The number of nitro groups is 1. The molecule has 14 heteroatoms. The van der Waals surface area contributed by atoms with E-state index in [0.29, 0.717) is 29.6 Å². The number of ether oxygens (including phenoxy) is 1. The number of hydrogen-bond acceptors (Lipinski definition) is 10. The summed E-state index contributed by atoms with van der Waals surface area (Å²) in [6, 6.07) is 7.76. The summed E-state index contributed by atoms with van der Waals surface area (Å²) in [5.74, 6) is -2.14. The number of nitrogens with zero attached hydrogens (tertiary/aromatic N) is 7. The van der Waals surface area contributed by atoms with E-state index in [2.05, 4.69) is 24.8 Å². The Morgan fingerprint density at radius 1 is 1.21 bits per heavy atom. The predicted molar refractivity (Wildman–Crippen MR) is 153 cm³/mol. The van der Waals surface area contributed by atoms with Gasteiger partial charge in [0.25, 0.3) is 5.95 Å². The molecule has 6 rings (SSSR count). The second-order valence-electron chi connectivity index (χ2n) is 10.3. The van der Waals surface area contributed by atoms with Crippen LogP contribution in [0.15, 0.2) is 52.5 Å². The first kappa shape index (κ1) is 28.0. The first-order valence-electron chi connectivity index (χ1n) is 13.4. The molecule has 0 aromatic carbocycles. The molecule has 2 atom stereocenters. The van der Waals surface area contributed by atoms with Gasteiger partial charge in [0.15, 0.2) is 17.4 Å². The Balaban J connectivity index is 1.37. The summed E-state index contributed by atoms with van der Waals surface area (Å²) in [6.45, 7) is 4.02. The van der Waals surface area contributed by atoms with Gasteiger partial charge in [-0.05, 0) is 53.4 Å². The van der Waals surface area contributed by atoms with E-state index in [1.165, 1.54) is 24.0 Å².